The van der Waals surface area contributed by atoms with Gasteiger partial charge in [0, 0.05) is 11.6 Å². The summed E-state index contributed by atoms with van der Waals surface area (Å²) in [5, 5.41) is 14.0. The molecular formula is C13H19Cl2NO2. The van der Waals surface area contributed by atoms with Crippen LogP contribution in [-0.2, 0) is 4.74 Å². The molecule has 5 heteroatoms. The zero-order valence-electron chi connectivity index (χ0n) is 10.8. The standard InChI is InChI=1S/C13H19Cl2NO2/c1-8(2)18-7-10(17)6-16-13-5-11(14)9(3)4-12(13)15/h4-5,8,10,16-17H,6-7H2,1-3H3. The largest absolute Gasteiger partial charge is 0.389 e. The third-order valence-corrected chi connectivity index (χ3v) is 3.12. The minimum absolute atomic E-state index is 0.108. The number of hydrogen-bond donors (Lipinski definition) is 2. The highest BCUT2D eigenvalue weighted by atomic mass is 35.5. The number of rotatable bonds is 6. The molecule has 0 aromatic heterocycles. The zero-order valence-corrected chi connectivity index (χ0v) is 12.3. The lowest BCUT2D eigenvalue weighted by atomic mass is 10.2. The highest BCUT2D eigenvalue weighted by molar-refractivity contribution is 6.35. The minimum atomic E-state index is -0.580. The summed E-state index contributed by atoms with van der Waals surface area (Å²) in [7, 11) is 0. The molecule has 2 N–H and O–H groups in total. The van der Waals surface area contributed by atoms with E-state index in [-0.39, 0.29) is 6.10 Å². The van der Waals surface area contributed by atoms with Crippen molar-refractivity contribution < 1.29 is 9.84 Å². The molecule has 0 fully saturated rings. The van der Waals surface area contributed by atoms with Crippen LogP contribution in [0, 0.1) is 6.92 Å². The average molecular weight is 292 g/mol. The van der Waals surface area contributed by atoms with Gasteiger partial charge in [0.25, 0.3) is 0 Å². The molecule has 1 unspecified atom stereocenters. The van der Waals surface area contributed by atoms with E-state index in [2.05, 4.69) is 5.32 Å². The fraction of sp³-hybridized carbons (Fsp3) is 0.538. The van der Waals surface area contributed by atoms with Crippen LogP contribution in [0.5, 0.6) is 0 Å². The molecule has 0 bridgehead atoms. The Kier molecular flexibility index (Phi) is 6.22. The zero-order chi connectivity index (χ0) is 13.7. The molecule has 0 radical (unpaired) electrons. The van der Waals surface area contributed by atoms with E-state index in [1.54, 1.807) is 12.1 Å². The first kappa shape index (κ1) is 15.6. The van der Waals surface area contributed by atoms with Gasteiger partial charge < -0.3 is 15.2 Å². The van der Waals surface area contributed by atoms with Crippen LogP contribution in [0.2, 0.25) is 10.0 Å². The number of halogens is 2. The molecule has 1 rings (SSSR count). The Labute approximate surface area is 118 Å². The van der Waals surface area contributed by atoms with Crippen LogP contribution in [0.4, 0.5) is 5.69 Å². The first-order chi connectivity index (χ1) is 8.40. The normalized spacial score (nSPS) is 12.8. The van der Waals surface area contributed by atoms with Gasteiger partial charge in [-0.05, 0) is 38.5 Å². The first-order valence-corrected chi connectivity index (χ1v) is 6.65. The molecular weight excluding hydrogens is 273 g/mol. The number of nitrogens with one attached hydrogen (secondary N) is 1. The number of aliphatic hydroxyl groups is 1. The molecule has 1 atom stereocenters. The van der Waals surface area contributed by atoms with Crippen LogP contribution in [0.1, 0.15) is 19.4 Å². The quantitative estimate of drug-likeness (QED) is 0.843. The molecule has 1 aromatic carbocycles. The molecule has 18 heavy (non-hydrogen) atoms. The Hall–Kier alpha value is -0.480. The minimum Gasteiger partial charge on any atom is -0.389 e. The monoisotopic (exact) mass is 291 g/mol. The van der Waals surface area contributed by atoms with Crippen molar-refractivity contribution in [2.24, 2.45) is 0 Å². The summed E-state index contributed by atoms with van der Waals surface area (Å²) in [5.74, 6) is 0. The Morgan fingerprint density at radius 1 is 1.28 bits per heavy atom. The van der Waals surface area contributed by atoms with Crippen molar-refractivity contribution in [3.05, 3.63) is 27.7 Å². The summed E-state index contributed by atoms with van der Waals surface area (Å²) in [4.78, 5) is 0. The Morgan fingerprint density at radius 3 is 2.56 bits per heavy atom. The third-order valence-electron chi connectivity index (χ3n) is 2.40. The summed E-state index contributed by atoms with van der Waals surface area (Å²) in [6.07, 6.45) is -0.472. The van der Waals surface area contributed by atoms with Crippen molar-refractivity contribution in [2.45, 2.75) is 33.0 Å². The van der Waals surface area contributed by atoms with Gasteiger partial charge in [0.1, 0.15) is 0 Å². The molecule has 0 aliphatic heterocycles. The van der Waals surface area contributed by atoms with Crippen molar-refractivity contribution in [1.29, 1.82) is 0 Å². The van der Waals surface area contributed by atoms with Crippen molar-refractivity contribution in [3.8, 4) is 0 Å². The summed E-state index contributed by atoms with van der Waals surface area (Å²) in [6.45, 7) is 6.41. The second kappa shape index (κ2) is 7.19. The van der Waals surface area contributed by atoms with Crippen LogP contribution < -0.4 is 5.32 Å². The van der Waals surface area contributed by atoms with Crippen LogP contribution in [0.3, 0.4) is 0 Å². The molecule has 0 saturated carbocycles. The summed E-state index contributed by atoms with van der Waals surface area (Å²) < 4.78 is 5.32. The van der Waals surface area contributed by atoms with Gasteiger partial charge >= 0.3 is 0 Å². The van der Waals surface area contributed by atoms with Gasteiger partial charge in [0.15, 0.2) is 0 Å². The average Bonchev–Trinajstić information content (AvgIpc) is 2.29. The highest BCUT2D eigenvalue weighted by Crippen LogP contribution is 2.28. The van der Waals surface area contributed by atoms with E-state index in [1.165, 1.54) is 0 Å². The van der Waals surface area contributed by atoms with Crippen molar-refractivity contribution >= 4 is 28.9 Å². The highest BCUT2D eigenvalue weighted by Gasteiger charge is 2.08. The lowest BCUT2D eigenvalue weighted by molar-refractivity contribution is 0.0112. The molecule has 3 nitrogen and oxygen atoms in total. The summed E-state index contributed by atoms with van der Waals surface area (Å²) in [6, 6.07) is 3.55. The second-order valence-electron chi connectivity index (χ2n) is 4.50. The van der Waals surface area contributed by atoms with Gasteiger partial charge in [0.05, 0.1) is 29.5 Å². The van der Waals surface area contributed by atoms with Crippen LogP contribution in [0.25, 0.3) is 0 Å². The number of aryl methyl sites for hydroxylation is 1. The lowest BCUT2D eigenvalue weighted by Crippen LogP contribution is -2.26. The lowest BCUT2D eigenvalue weighted by Gasteiger charge is -2.16. The van der Waals surface area contributed by atoms with E-state index in [0.29, 0.717) is 23.2 Å². The third kappa shape index (κ3) is 5.02. The van der Waals surface area contributed by atoms with Gasteiger partial charge in [-0.25, -0.2) is 0 Å². The molecule has 0 spiro atoms. The van der Waals surface area contributed by atoms with E-state index < -0.39 is 6.10 Å². The van der Waals surface area contributed by atoms with Crippen LogP contribution in [0.15, 0.2) is 12.1 Å². The molecule has 102 valence electrons. The Morgan fingerprint density at radius 2 is 1.94 bits per heavy atom. The van der Waals surface area contributed by atoms with Gasteiger partial charge in [-0.2, -0.15) is 0 Å². The fourth-order valence-electron chi connectivity index (χ4n) is 1.37. The number of benzene rings is 1. The smallest absolute Gasteiger partial charge is 0.0945 e. The number of hydrogen-bond acceptors (Lipinski definition) is 3. The van der Waals surface area contributed by atoms with E-state index in [0.717, 1.165) is 11.3 Å². The first-order valence-electron chi connectivity index (χ1n) is 5.89. The van der Waals surface area contributed by atoms with Gasteiger partial charge in [-0.3, -0.25) is 0 Å². The van der Waals surface area contributed by atoms with Crippen molar-refractivity contribution in [1.82, 2.24) is 0 Å². The maximum atomic E-state index is 9.71. The Bertz CT molecular complexity index is 397. The SMILES string of the molecule is Cc1cc(Cl)c(NCC(O)COC(C)C)cc1Cl. The number of anilines is 1. The maximum Gasteiger partial charge on any atom is 0.0945 e. The topological polar surface area (TPSA) is 41.5 Å². The Balaban J connectivity index is 2.50. The predicted octanol–water partition coefficient (Wildman–Crippen LogP) is 3.50. The van der Waals surface area contributed by atoms with Gasteiger partial charge in [-0.15, -0.1) is 0 Å². The number of ether oxygens (including phenoxy) is 1. The van der Waals surface area contributed by atoms with E-state index in [9.17, 15) is 5.11 Å². The van der Waals surface area contributed by atoms with Gasteiger partial charge in [0.2, 0.25) is 0 Å². The van der Waals surface area contributed by atoms with Crippen LogP contribution in [-0.4, -0.2) is 30.5 Å². The van der Waals surface area contributed by atoms with E-state index in [4.69, 9.17) is 27.9 Å². The summed E-state index contributed by atoms with van der Waals surface area (Å²) in [5.41, 5.74) is 1.65. The molecule has 0 saturated heterocycles. The van der Waals surface area contributed by atoms with E-state index in [1.807, 2.05) is 20.8 Å². The second-order valence-corrected chi connectivity index (χ2v) is 5.31. The van der Waals surface area contributed by atoms with Gasteiger partial charge in [-0.1, -0.05) is 23.2 Å². The summed E-state index contributed by atoms with van der Waals surface area (Å²) >= 11 is 12.1. The van der Waals surface area contributed by atoms with Crippen molar-refractivity contribution in [3.63, 3.8) is 0 Å². The molecule has 1 aromatic rings. The number of aliphatic hydroxyl groups excluding tert-OH is 1. The molecule has 0 amide bonds. The predicted molar refractivity (Wildman–Crippen MR) is 76.8 cm³/mol. The molecule has 0 aliphatic rings. The fourth-order valence-corrected chi connectivity index (χ4v) is 1.82. The molecule has 0 heterocycles. The molecule has 0 aliphatic carbocycles. The van der Waals surface area contributed by atoms with E-state index >= 15 is 0 Å². The van der Waals surface area contributed by atoms with Crippen LogP contribution >= 0.6 is 23.2 Å². The van der Waals surface area contributed by atoms with Crippen molar-refractivity contribution in [2.75, 3.05) is 18.5 Å². The maximum absolute atomic E-state index is 9.71.